The second kappa shape index (κ2) is 16.7. The normalized spacial score (nSPS) is 14.8. The van der Waals surface area contributed by atoms with E-state index >= 15 is 0 Å². The van der Waals surface area contributed by atoms with Gasteiger partial charge in [-0.3, -0.25) is 0 Å². The second-order valence-corrected chi connectivity index (χ2v) is 18.5. The molecule has 0 aliphatic heterocycles. The van der Waals surface area contributed by atoms with Crippen molar-refractivity contribution in [3.8, 4) is 33.4 Å². The van der Waals surface area contributed by atoms with E-state index in [2.05, 4.69) is 272 Å². The van der Waals surface area contributed by atoms with E-state index in [0.717, 1.165) is 23.5 Å². The van der Waals surface area contributed by atoms with Crippen LogP contribution in [0.25, 0.3) is 60.5 Å². The molecule has 2 aliphatic carbocycles. The van der Waals surface area contributed by atoms with Gasteiger partial charge in [-0.2, -0.15) is 0 Å². The molecule has 0 radical (unpaired) electrons. The molecular formula is C65H50N2. The fraction of sp³-hybridized carbons (Fsp3) is 0.0769. The molecular weight excluding hydrogens is 809 g/mol. The maximum Gasteiger partial charge on any atom is 0.0563 e. The third-order valence-corrected chi connectivity index (χ3v) is 14.2. The number of hydrogen-bond acceptors (Lipinski definition) is 2. The summed E-state index contributed by atoms with van der Waals surface area (Å²) in [4.78, 5) is 5.00. The van der Waals surface area contributed by atoms with E-state index in [9.17, 15) is 0 Å². The highest BCUT2D eigenvalue weighted by molar-refractivity contribution is 6.14. The maximum atomic E-state index is 2.61. The molecule has 0 spiro atoms. The highest BCUT2D eigenvalue weighted by atomic mass is 15.2. The van der Waals surface area contributed by atoms with Crippen LogP contribution in [0, 0.1) is 0 Å². The first-order valence-corrected chi connectivity index (χ1v) is 23.5. The van der Waals surface area contributed by atoms with Gasteiger partial charge in [-0.15, -0.1) is 0 Å². The zero-order valence-electron chi connectivity index (χ0n) is 37.9. The average Bonchev–Trinajstić information content (AvgIpc) is 3.62. The Morgan fingerprint density at radius 1 is 0.403 bits per heavy atom. The minimum Gasteiger partial charge on any atom is -0.334 e. The monoisotopic (exact) mass is 858 g/mol. The first-order chi connectivity index (χ1) is 33.0. The SMILES string of the molecule is CC1(C)C2=CC(N(c3ccc(-c4ccc(-c5ccccc5)cc4)cc3)c3cc4ccccc4c4ccccc34)CC=C2c2ccc(N(c3ccccc3)c3ccc(-c4ccccc4)cc3)cc21. The molecule has 2 heteroatoms. The molecule has 0 saturated carbocycles. The highest BCUT2D eigenvalue weighted by Crippen LogP contribution is 2.54. The largest absolute Gasteiger partial charge is 0.334 e. The van der Waals surface area contributed by atoms with Crippen molar-refractivity contribution in [2.45, 2.75) is 31.7 Å². The highest BCUT2D eigenvalue weighted by Gasteiger charge is 2.41. The van der Waals surface area contributed by atoms with E-state index < -0.39 is 0 Å². The molecule has 67 heavy (non-hydrogen) atoms. The summed E-state index contributed by atoms with van der Waals surface area (Å²) in [6, 6.07) is 86.6. The van der Waals surface area contributed by atoms with Crippen molar-refractivity contribution in [2.75, 3.05) is 9.80 Å². The van der Waals surface area contributed by atoms with Crippen LogP contribution in [-0.4, -0.2) is 6.04 Å². The van der Waals surface area contributed by atoms with Gasteiger partial charge in [0.05, 0.1) is 11.7 Å². The van der Waals surface area contributed by atoms with Crippen LogP contribution in [0.15, 0.2) is 254 Å². The smallest absolute Gasteiger partial charge is 0.0563 e. The Kier molecular flexibility index (Phi) is 10.0. The van der Waals surface area contributed by atoms with E-state index in [1.165, 1.54) is 88.6 Å². The van der Waals surface area contributed by atoms with Crippen LogP contribution in [0.5, 0.6) is 0 Å². The Morgan fingerprint density at radius 3 is 1.48 bits per heavy atom. The third-order valence-electron chi connectivity index (χ3n) is 14.2. The summed E-state index contributed by atoms with van der Waals surface area (Å²) >= 11 is 0. The van der Waals surface area contributed by atoms with E-state index in [1.807, 2.05) is 0 Å². The number of nitrogens with zero attached hydrogens (tertiary/aromatic N) is 2. The van der Waals surface area contributed by atoms with Gasteiger partial charge in [0, 0.05) is 33.6 Å². The molecule has 0 aromatic heterocycles. The fourth-order valence-corrected chi connectivity index (χ4v) is 10.7. The van der Waals surface area contributed by atoms with E-state index in [0.29, 0.717) is 0 Å². The summed E-state index contributed by atoms with van der Waals surface area (Å²) in [6.07, 6.45) is 5.99. The lowest BCUT2D eigenvalue weighted by atomic mass is 9.79. The molecule has 2 nitrogen and oxygen atoms in total. The van der Waals surface area contributed by atoms with Gasteiger partial charge in [-0.05, 0) is 133 Å². The fourth-order valence-electron chi connectivity index (χ4n) is 10.7. The van der Waals surface area contributed by atoms with Gasteiger partial charge in [0.1, 0.15) is 0 Å². The molecule has 12 rings (SSSR count). The number of para-hydroxylation sites is 1. The van der Waals surface area contributed by atoms with Crippen LogP contribution in [0.3, 0.4) is 0 Å². The molecule has 320 valence electrons. The summed E-state index contributed by atoms with van der Waals surface area (Å²) in [5.74, 6) is 0. The van der Waals surface area contributed by atoms with E-state index in [-0.39, 0.29) is 11.5 Å². The van der Waals surface area contributed by atoms with Crippen molar-refractivity contribution >= 4 is 55.6 Å². The lowest BCUT2D eigenvalue weighted by Crippen LogP contribution is -2.32. The number of allylic oxidation sites excluding steroid dienone is 2. The Labute approximate surface area is 394 Å². The standard InChI is InChI=1S/C65H50N2/c1-65(2)62-43-55(66(52-21-10-5-11-22-52)53-34-30-49(31-35-53)46-18-8-4-9-19-46)38-40-59(62)60-41-39-56(44-63(60)65)67(64-42-51-20-12-13-23-57(51)58-24-14-15-25-61(58)64)54-36-32-50(33-37-54)48-28-26-47(27-29-48)45-16-6-3-7-17-45/h3-38,40-44,56H,39H2,1-2H3. The first-order valence-electron chi connectivity index (χ1n) is 23.5. The zero-order valence-corrected chi connectivity index (χ0v) is 37.9. The maximum absolute atomic E-state index is 2.61. The summed E-state index contributed by atoms with van der Waals surface area (Å²) in [5, 5.41) is 5.05. The quantitative estimate of drug-likeness (QED) is 0.133. The number of benzene rings is 10. The summed E-state index contributed by atoms with van der Waals surface area (Å²) in [7, 11) is 0. The zero-order chi connectivity index (χ0) is 44.9. The molecule has 2 aliphatic rings. The lowest BCUT2D eigenvalue weighted by molar-refractivity contribution is 0.645. The molecule has 10 aromatic carbocycles. The second-order valence-electron chi connectivity index (χ2n) is 18.5. The van der Waals surface area contributed by atoms with Crippen molar-refractivity contribution in [1.29, 1.82) is 0 Å². The van der Waals surface area contributed by atoms with Crippen molar-refractivity contribution in [2.24, 2.45) is 0 Å². The minimum absolute atomic E-state index is 0.0799. The molecule has 10 aromatic rings. The molecule has 0 heterocycles. The van der Waals surface area contributed by atoms with Crippen molar-refractivity contribution in [1.82, 2.24) is 0 Å². The molecule has 1 atom stereocenters. The van der Waals surface area contributed by atoms with Crippen molar-refractivity contribution in [3.63, 3.8) is 0 Å². The summed E-state index contributed by atoms with van der Waals surface area (Å²) in [6.45, 7) is 4.83. The van der Waals surface area contributed by atoms with Gasteiger partial charge in [0.2, 0.25) is 0 Å². The van der Waals surface area contributed by atoms with Gasteiger partial charge >= 0.3 is 0 Å². The number of fused-ring (bicyclic) bond motifs is 6. The van der Waals surface area contributed by atoms with Crippen LogP contribution >= 0.6 is 0 Å². The Morgan fingerprint density at radius 2 is 0.866 bits per heavy atom. The van der Waals surface area contributed by atoms with Crippen LogP contribution in [0.2, 0.25) is 0 Å². The Hall–Kier alpha value is -8.20. The molecule has 0 saturated heterocycles. The molecule has 0 N–H and O–H groups in total. The van der Waals surface area contributed by atoms with Crippen LogP contribution < -0.4 is 9.80 Å². The van der Waals surface area contributed by atoms with Crippen LogP contribution in [0.1, 0.15) is 31.4 Å². The lowest BCUT2D eigenvalue weighted by Gasteiger charge is -2.36. The van der Waals surface area contributed by atoms with Crippen molar-refractivity contribution in [3.05, 3.63) is 265 Å². The van der Waals surface area contributed by atoms with Crippen LogP contribution in [0.4, 0.5) is 28.4 Å². The average molecular weight is 859 g/mol. The predicted molar refractivity (Wildman–Crippen MR) is 285 cm³/mol. The summed E-state index contributed by atoms with van der Waals surface area (Å²) < 4.78 is 0. The van der Waals surface area contributed by atoms with E-state index in [4.69, 9.17) is 0 Å². The first kappa shape index (κ1) is 40.3. The topological polar surface area (TPSA) is 6.48 Å². The summed E-state index contributed by atoms with van der Waals surface area (Å²) in [5.41, 5.74) is 18.3. The molecule has 0 bridgehead atoms. The van der Waals surface area contributed by atoms with Gasteiger partial charge in [-0.1, -0.05) is 208 Å². The Balaban J connectivity index is 0.936. The van der Waals surface area contributed by atoms with Crippen molar-refractivity contribution < 1.29 is 0 Å². The number of anilines is 5. The Bertz CT molecular complexity index is 3480. The van der Waals surface area contributed by atoms with Gasteiger partial charge in [0.25, 0.3) is 0 Å². The molecule has 0 amide bonds. The van der Waals surface area contributed by atoms with Gasteiger partial charge in [-0.25, -0.2) is 0 Å². The van der Waals surface area contributed by atoms with Gasteiger partial charge in [0.15, 0.2) is 0 Å². The number of rotatable bonds is 9. The third kappa shape index (κ3) is 7.23. The number of hydrogen-bond donors (Lipinski definition) is 0. The van der Waals surface area contributed by atoms with E-state index in [1.54, 1.807) is 0 Å². The minimum atomic E-state index is -0.234. The molecule has 1 unspecified atom stereocenters. The molecule has 0 fully saturated rings. The predicted octanol–water partition coefficient (Wildman–Crippen LogP) is 17.7. The van der Waals surface area contributed by atoms with Gasteiger partial charge < -0.3 is 9.80 Å². The van der Waals surface area contributed by atoms with Crippen LogP contribution in [-0.2, 0) is 5.41 Å².